The molecule has 0 spiro atoms. The Kier molecular flexibility index (Phi) is 3.50. The summed E-state index contributed by atoms with van der Waals surface area (Å²) in [5.41, 5.74) is 1.39. The second kappa shape index (κ2) is 4.95. The highest BCUT2D eigenvalue weighted by atomic mass is 19.4. The summed E-state index contributed by atoms with van der Waals surface area (Å²) in [4.78, 5) is 0. The Morgan fingerprint density at radius 2 is 2.00 bits per heavy atom. The van der Waals surface area contributed by atoms with Gasteiger partial charge < -0.3 is 5.32 Å². The summed E-state index contributed by atoms with van der Waals surface area (Å²) in [5.74, 6) is 0. The van der Waals surface area contributed by atoms with Gasteiger partial charge in [0.2, 0.25) is 0 Å². The standard InChI is InChI=1S/C13H14F3N3/c1-8-3-4-10(13(14,15)16)7-12(8)18-9(2)11-5-6-17-19-11/h3-7,9,18H,1-2H3,(H,17,19). The van der Waals surface area contributed by atoms with Crippen LogP contribution in [0.4, 0.5) is 18.9 Å². The first-order chi connectivity index (χ1) is 8.88. The number of aryl methyl sites for hydroxylation is 1. The van der Waals surface area contributed by atoms with Gasteiger partial charge in [0.05, 0.1) is 17.3 Å². The number of H-pyrrole nitrogens is 1. The Morgan fingerprint density at radius 3 is 2.58 bits per heavy atom. The summed E-state index contributed by atoms with van der Waals surface area (Å²) in [7, 11) is 0. The van der Waals surface area contributed by atoms with E-state index >= 15 is 0 Å². The van der Waals surface area contributed by atoms with Crippen molar-refractivity contribution in [2.45, 2.75) is 26.1 Å². The van der Waals surface area contributed by atoms with Crippen LogP contribution in [0.25, 0.3) is 0 Å². The molecule has 0 bridgehead atoms. The van der Waals surface area contributed by atoms with Crippen LogP contribution < -0.4 is 5.32 Å². The van der Waals surface area contributed by atoms with Gasteiger partial charge in [-0.15, -0.1) is 0 Å². The molecule has 0 amide bonds. The number of nitrogens with zero attached hydrogens (tertiary/aromatic N) is 1. The molecule has 6 heteroatoms. The fourth-order valence-electron chi connectivity index (χ4n) is 1.77. The van der Waals surface area contributed by atoms with Gasteiger partial charge in [-0.3, -0.25) is 5.10 Å². The predicted molar refractivity (Wildman–Crippen MR) is 66.8 cm³/mol. The van der Waals surface area contributed by atoms with E-state index in [1.165, 1.54) is 6.07 Å². The van der Waals surface area contributed by atoms with E-state index < -0.39 is 11.7 Å². The molecule has 3 nitrogen and oxygen atoms in total. The van der Waals surface area contributed by atoms with Crippen LogP contribution in [-0.4, -0.2) is 10.2 Å². The molecule has 19 heavy (non-hydrogen) atoms. The zero-order valence-corrected chi connectivity index (χ0v) is 10.5. The third kappa shape index (κ3) is 3.07. The van der Waals surface area contributed by atoms with Crippen molar-refractivity contribution in [2.24, 2.45) is 0 Å². The Hall–Kier alpha value is -1.98. The minimum Gasteiger partial charge on any atom is -0.377 e. The number of hydrogen-bond acceptors (Lipinski definition) is 2. The molecule has 0 saturated carbocycles. The van der Waals surface area contributed by atoms with Gasteiger partial charge in [-0.1, -0.05) is 6.07 Å². The third-order valence-electron chi connectivity index (χ3n) is 2.93. The molecule has 102 valence electrons. The average Bonchev–Trinajstić information content (AvgIpc) is 2.84. The zero-order chi connectivity index (χ0) is 14.0. The molecular formula is C13H14F3N3. The molecule has 1 aromatic carbocycles. The topological polar surface area (TPSA) is 40.7 Å². The predicted octanol–water partition coefficient (Wildman–Crippen LogP) is 3.91. The normalized spacial score (nSPS) is 13.3. The molecular weight excluding hydrogens is 255 g/mol. The Morgan fingerprint density at radius 1 is 1.26 bits per heavy atom. The molecule has 1 heterocycles. The summed E-state index contributed by atoms with van der Waals surface area (Å²) in [6.07, 6.45) is -2.73. The van der Waals surface area contributed by atoms with Gasteiger partial charge in [0.25, 0.3) is 0 Å². The molecule has 2 aromatic rings. The van der Waals surface area contributed by atoms with E-state index in [-0.39, 0.29) is 6.04 Å². The smallest absolute Gasteiger partial charge is 0.377 e. The maximum Gasteiger partial charge on any atom is 0.416 e. The Balaban J connectivity index is 2.25. The number of nitrogens with one attached hydrogen (secondary N) is 2. The van der Waals surface area contributed by atoms with Crippen LogP contribution in [0.1, 0.15) is 29.8 Å². The number of aromatic nitrogens is 2. The third-order valence-corrected chi connectivity index (χ3v) is 2.93. The van der Waals surface area contributed by atoms with E-state index in [1.54, 1.807) is 19.2 Å². The summed E-state index contributed by atoms with van der Waals surface area (Å²) in [6, 6.07) is 5.30. The molecule has 0 fully saturated rings. The molecule has 2 rings (SSSR count). The molecule has 1 aromatic heterocycles. The lowest BCUT2D eigenvalue weighted by Crippen LogP contribution is -2.11. The quantitative estimate of drug-likeness (QED) is 0.887. The van der Waals surface area contributed by atoms with E-state index in [4.69, 9.17) is 0 Å². The number of rotatable bonds is 3. The van der Waals surface area contributed by atoms with Gasteiger partial charge in [-0.25, -0.2) is 0 Å². The van der Waals surface area contributed by atoms with Crippen LogP contribution in [-0.2, 0) is 6.18 Å². The van der Waals surface area contributed by atoms with E-state index in [0.717, 1.165) is 23.4 Å². The summed E-state index contributed by atoms with van der Waals surface area (Å²) >= 11 is 0. The molecule has 1 atom stereocenters. The van der Waals surface area contributed by atoms with Crippen LogP contribution in [0.5, 0.6) is 0 Å². The molecule has 0 aliphatic carbocycles. The second-order valence-electron chi connectivity index (χ2n) is 4.41. The average molecular weight is 269 g/mol. The highest BCUT2D eigenvalue weighted by molar-refractivity contribution is 5.54. The second-order valence-corrected chi connectivity index (χ2v) is 4.41. The molecule has 0 saturated heterocycles. The van der Waals surface area contributed by atoms with Gasteiger partial charge in [0.1, 0.15) is 0 Å². The van der Waals surface area contributed by atoms with Crippen molar-refractivity contribution in [3.05, 3.63) is 47.3 Å². The van der Waals surface area contributed by atoms with E-state index in [9.17, 15) is 13.2 Å². The van der Waals surface area contributed by atoms with Crippen molar-refractivity contribution in [2.75, 3.05) is 5.32 Å². The Bertz CT molecular complexity index is 547. The van der Waals surface area contributed by atoms with Crippen molar-refractivity contribution in [3.8, 4) is 0 Å². The lowest BCUT2D eigenvalue weighted by atomic mass is 10.1. The first-order valence-corrected chi connectivity index (χ1v) is 5.81. The Labute approximate surface area is 108 Å². The van der Waals surface area contributed by atoms with Crippen LogP contribution in [0.15, 0.2) is 30.5 Å². The van der Waals surface area contributed by atoms with Crippen LogP contribution in [0.2, 0.25) is 0 Å². The highest BCUT2D eigenvalue weighted by Gasteiger charge is 2.30. The monoisotopic (exact) mass is 269 g/mol. The van der Waals surface area contributed by atoms with Crippen molar-refractivity contribution >= 4 is 5.69 Å². The fourth-order valence-corrected chi connectivity index (χ4v) is 1.77. The minimum atomic E-state index is -4.33. The number of aromatic amines is 1. The number of halogens is 3. The zero-order valence-electron chi connectivity index (χ0n) is 10.5. The first kappa shape index (κ1) is 13.5. The van der Waals surface area contributed by atoms with Gasteiger partial charge >= 0.3 is 6.18 Å². The van der Waals surface area contributed by atoms with Crippen molar-refractivity contribution < 1.29 is 13.2 Å². The maximum absolute atomic E-state index is 12.7. The number of hydrogen-bond donors (Lipinski definition) is 2. The molecule has 1 unspecified atom stereocenters. The number of anilines is 1. The molecule has 0 aliphatic heterocycles. The summed E-state index contributed by atoms with van der Waals surface area (Å²) in [5, 5.41) is 9.66. The van der Waals surface area contributed by atoms with Crippen molar-refractivity contribution in [1.29, 1.82) is 0 Å². The summed E-state index contributed by atoms with van der Waals surface area (Å²) < 4.78 is 38.0. The van der Waals surface area contributed by atoms with Gasteiger partial charge in [-0.2, -0.15) is 18.3 Å². The van der Waals surface area contributed by atoms with Crippen molar-refractivity contribution in [3.63, 3.8) is 0 Å². The van der Waals surface area contributed by atoms with Crippen LogP contribution in [0.3, 0.4) is 0 Å². The summed E-state index contributed by atoms with van der Waals surface area (Å²) in [6.45, 7) is 3.62. The maximum atomic E-state index is 12.7. The van der Waals surface area contributed by atoms with E-state index in [0.29, 0.717) is 5.69 Å². The largest absolute Gasteiger partial charge is 0.416 e. The fraction of sp³-hybridized carbons (Fsp3) is 0.308. The molecule has 2 N–H and O–H groups in total. The first-order valence-electron chi connectivity index (χ1n) is 5.81. The van der Waals surface area contributed by atoms with E-state index in [2.05, 4.69) is 15.5 Å². The molecule has 0 radical (unpaired) electrons. The number of benzene rings is 1. The minimum absolute atomic E-state index is 0.148. The van der Waals surface area contributed by atoms with E-state index in [1.807, 2.05) is 6.92 Å². The SMILES string of the molecule is Cc1ccc(C(F)(F)F)cc1NC(C)c1ccn[nH]1. The van der Waals surface area contributed by atoms with Crippen LogP contribution >= 0.6 is 0 Å². The van der Waals surface area contributed by atoms with Crippen molar-refractivity contribution in [1.82, 2.24) is 10.2 Å². The molecule has 0 aliphatic rings. The highest BCUT2D eigenvalue weighted by Crippen LogP contribution is 2.32. The lowest BCUT2D eigenvalue weighted by Gasteiger charge is -2.17. The van der Waals surface area contributed by atoms with Gasteiger partial charge in [0, 0.05) is 11.9 Å². The number of alkyl halides is 3. The van der Waals surface area contributed by atoms with Crippen LogP contribution in [0, 0.1) is 6.92 Å². The van der Waals surface area contributed by atoms with Gasteiger partial charge in [-0.05, 0) is 37.6 Å². The van der Waals surface area contributed by atoms with Gasteiger partial charge in [0.15, 0.2) is 0 Å². The lowest BCUT2D eigenvalue weighted by molar-refractivity contribution is -0.137.